The third kappa shape index (κ3) is 3.31. The molecule has 110 valence electrons. The molecule has 0 fully saturated rings. The van der Waals surface area contributed by atoms with Crippen molar-refractivity contribution >= 4 is 44.5 Å². The van der Waals surface area contributed by atoms with Crippen LogP contribution in [0.25, 0.3) is 0 Å². The van der Waals surface area contributed by atoms with Crippen molar-refractivity contribution in [2.24, 2.45) is 5.73 Å². The highest BCUT2D eigenvalue weighted by Gasteiger charge is 2.23. The molecule has 0 spiro atoms. The number of hydrogen-bond acceptors (Lipinski definition) is 3. The minimum absolute atomic E-state index is 0.178. The predicted molar refractivity (Wildman–Crippen MR) is 84.5 cm³/mol. The van der Waals surface area contributed by atoms with Gasteiger partial charge < -0.3 is 5.73 Å². The largest absolute Gasteiger partial charge is 0.389 e. The lowest BCUT2D eigenvalue weighted by molar-refractivity contribution is 0.594. The summed E-state index contributed by atoms with van der Waals surface area (Å²) < 4.78 is 40.8. The molecular weight excluding hydrogens is 335 g/mol. The number of thiocarbonyl (C=S) groups is 1. The third-order valence-electron chi connectivity index (χ3n) is 2.63. The maximum absolute atomic E-state index is 13.8. The maximum Gasteiger partial charge on any atom is 0.262 e. The Morgan fingerprint density at radius 1 is 1.19 bits per heavy atom. The van der Waals surface area contributed by atoms with E-state index in [9.17, 15) is 12.8 Å². The van der Waals surface area contributed by atoms with Crippen LogP contribution in [0, 0.1) is 5.82 Å². The highest BCUT2D eigenvalue weighted by molar-refractivity contribution is 7.93. The quantitative estimate of drug-likeness (QED) is 0.836. The Morgan fingerprint density at radius 3 is 2.48 bits per heavy atom. The van der Waals surface area contributed by atoms with Gasteiger partial charge in [0.15, 0.2) is 0 Å². The second kappa shape index (κ2) is 5.97. The zero-order valence-corrected chi connectivity index (χ0v) is 12.9. The zero-order chi connectivity index (χ0) is 15.6. The van der Waals surface area contributed by atoms with Crippen molar-refractivity contribution in [2.45, 2.75) is 4.90 Å². The van der Waals surface area contributed by atoms with Crippen LogP contribution in [0.5, 0.6) is 0 Å². The Balaban J connectivity index is 2.53. The zero-order valence-electron chi connectivity index (χ0n) is 10.5. The molecule has 0 aliphatic carbocycles. The highest BCUT2D eigenvalue weighted by atomic mass is 35.5. The highest BCUT2D eigenvalue weighted by Crippen LogP contribution is 2.26. The van der Waals surface area contributed by atoms with Gasteiger partial charge in [0.1, 0.15) is 15.7 Å². The third-order valence-corrected chi connectivity index (χ3v) is 4.57. The van der Waals surface area contributed by atoms with E-state index in [1.165, 1.54) is 24.3 Å². The minimum Gasteiger partial charge on any atom is -0.389 e. The van der Waals surface area contributed by atoms with Crippen molar-refractivity contribution in [2.75, 3.05) is 4.72 Å². The van der Waals surface area contributed by atoms with Gasteiger partial charge in [0.2, 0.25) is 0 Å². The van der Waals surface area contributed by atoms with Crippen LogP contribution in [0.2, 0.25) is 5.02 Å². The van der Waals surface area contributed by atoms with Crippen molar-refractivity contribution in [3.05, 3.63) is 58.9 Å². The van der Waals surface area contributed by atoms with Gasteiger partial charge in [-0.25, -0.2) is 12.8 Å². The molecule has 21 heavy (non-hydrogen) atoms. The fourth-order valence-electron chi connectivity index (χ4n) is 1.71. The summed E-state index contributed by atoms with van der Waals surface area (Å²) in [5, 5.41) is 0.217. The molecule has 0 bridgehead atoms. The van der Waals surface area contributed by atoms with Crippen LogP contribution in [0.15, 0.2) is 47.4 Å². The average Bonchev–Trinajstić information content (AvgIpc) is 2.40. The molecule has 0 saturated heterocycles. The molecule has 2 aromatic rings. The van der Waals surface area contributed by atoms with Crippen molar-refractivity contribution in [3.63, 3.8) is 0 Å². The molecule has 0 unspecified atom stereocenters. The number of benzene rings is 2. The molecule has 4 nitrogen and oxygen atoms in total. The first-order valence-corrected chi connectivity index (χ1v) is 7.95. The second-order valence-corrected chi connectivity index (χ2v) is 6.56. The molecule has 8 heteroatoms. The number of sulfonamides is 1. The molecule has 0 aromatic heterocycles. The molecule has 0 aliphatic rings. The number of anilines is 1. The van der Waals surface area contributed by atoms with Crippen molar-refractivity contribution in [1.82, 2.24) is 0 Å². The molecule has 0 heterocycles. The van der Waals surface area contributed by atoms with Crippen LogP contribution in [0.4, 0.5) is 10.1 Å². The van der Waals surface area contributed by atoms with Crippen LogP contribution >= 0.6 is 23.8 Å². The van der Waals surface area contributed by atoms with Gasteiger partial charge in [0.25, 0.3) is 10.0 Å². The SMILES string of the molecule is NC(=S)c1c(F)cccc1S(=O)(=O)Nc1ccccc1Cl. The molecular formula is C13H10ClFN2O2S2. The lowest BCUT2D eigenvalue weighted by Gasteiger charge is -2.13. The Bertz CT molecular complexity index is 810. The predicted octanol–water partition coefficient (Wildman–Crippen LogP) is 2.91. The van der Waals surface area contributed by atoms with Gasteiger partial charge in [-0.05, 0) is 24.3 Å². The first-order chi connectivity index (χ1) is 9.83. The van der Waals surface area contributed by atoms with Gasteiger partial charge in [-0.2, -0.15) is 0 Å². The molecule has 3 N–H and O–H groups in total. The van der Waals surface area contributed by atoms with Crippen molar-refractivity contribution in [1.29, 1.82) is 0 Å². The van der Waals surface area contributed by atoms with E-state index in [0.717, 1.165) is 6.07 Å². The van der Waals surface area contributed by atoms with Crippen LogP contribution in [-0.2, 0) is 10.0 Å². The Labute approximate surface area is 131 Å². The van der Waals surface area contributed by atoms with Crippen LogP contribution in [0.1, 0.15) is 5.56 Å². The molecule has 0 radical (unpaired) electrons. The first kappa shape index (κ1) is 15.7. The van der Waals surface area contributed by atoms with Crippen molar-refractivity contribution in [3.8, 4) is 0 Å². The van der Waals surface area contributed by atoms with Gasteiger partial charge in [-0.15, -0.1) is 0 Å². The fourth-order valence-corrected chi connectivity index (χ4v) is 3.53. The van der Waals surface area contributed by atoms with Gasteiger partial charge in [0.05, 0.1) is 16.3 Å². The summed E-state index contributed by atoms with van der Waals surface area (Å²) >= 11 is 10.6. The van der Waals surface area contributed by atoms with Crippen LogP contribution < -0.4 is 10.5 Å². The lowest BCUT2D eigenvalue weighted by Crippen LogP contribution is -2.21. The summed E-state index contributed by atoms with van der Waals surface area (Å²) in [4.78, 5) is -0.678. The fraction of sp³-hybridized carbons (Fsp3) is 0. The van der Waals surface area contributed by atoms with E-state index < -0.39 is 15.8 Å². The molecule has 0 amide bonds. The molecule has 0 atom stereocenters. The monoisotopic (exact) mass is 344 g/mol. The molecule has 2 rings (SSSR count). The van der Waals surface area contributed by atoms with Gasteiger partial charge in [0, 0.05) is 0 Å². The number of rotatable bonds is 4. The van der Waals surface area contributed by atoms with E-state index in [0.29, 0.717) is 0 Å². The van der Waals surface area contributed by atoms with E-state index in [2.05, 4.69) is 4.72 Å². The normalized spacial score (nSPS) is 11.1. The van der Waals surface area contributed by atoms with E-state index in [4.69, 9.17) is 29.6 Å². The smallest absolute Gasteiger partial charge is 0.262 e. The number of hydrogen-bond donors (Lipinski definition) is 2. The summed E-state index contributed by atoms with van der Waals surface area (Å²) in [7, 11) is -4.08. The number of nitrogens with one attached hydrogen (secondary N) is 1. The summed E-state index contributed by atoms with van der Waals surface area (Å²) in [6.07, 6.45) is 0. The minimum atomic E-state index is -4.08. The molecule has 0 aliphatic heterocycles. The lowest BCUT2D eigenvalue weighted by atomic mass is 10.2. The number of para-hydroxylation sites is 1. The molecule has 0 saturated carbocycles. The van der Waals surface area contributed by atoms with Crippen LogP contribution in [0.3, 0.4) is 0 Å². The number of nitrogens with two attached hydrogens (primary N) is 1. The summed E-state index contributed by atoms with van der Waals surface area (Å²) in [5.41, 5.74) is 5.26. The Kier molecular flexibility index (Phi) is 4.46. The maximum atomic E-state index is 13.8. The Morgan fingerprint density at radius 2 is 1.86 bits per heavy atom. The number of halogens is 2. The molecule has 2 aromatic carbocycles. The second-order valence-electron chi connectivity index (χ2n) is 4.06. The van der Waals surface area contributed by atoms with E-state index >= 15 is 0 Å². The van der Waals surface area contributed by atoms with Crippen LogP contribution in [-0.4, -0.2) is 13.4 Å². The summed E-state index contributed by atoms with van der Waals surface area (Å²) in [5.74, 6) is -0.801. The van der Waals surface area contributed by atoms with E-state index in [1.54, 1.807) is 12.1 Å². The summed E-state index contributed by atoms with van der Waals surface area (Å²) in [6, 6.07) is 9.85. The standard InChI is InChI=1S/C13H10ClFN2O2S2/c14-8-4-1-2-6-10(8)17-21(18,19)11-7-3-5-9(15)12(11)13(16)20/h1-7,17H,(H2,16,20). The Hall–Kier alpha value is -1.70. The summed E-state index contributed by atoms with van der Waals surface area (Å²) in [6.45, 7) is 0. The van der Waals surface area contributed by atoms with Gasteiger partial charge in [-0.3, -0.25) is 4.72 Å². The van der Waals surface area contributed by atoms with Gasteiger partial charge in [-0.1, -0.05) is 42.0 Å². The first-order valence-electron chi connectivity index (χ1n) is 5.68. The van der Waals surface area contributed by atoms with E-state index in [1.807, 2.05) is 0 Å². The van der Waals surface area contributed by atoms with E-state index in [-0.39, 0.29) is 26.2 Å². The van der Waals surface area contributed by atoms with Gasteiger partial charge >= 0.3 is 0 Å². The topological polar surface area (TPSA) is 72.2 Å². The van der Waals surface area contributed by atoms with Crippen molar-refractivity contribution < 1.29 is 12.8 Å². The average molecular weight is 345 g/mol.